The molecule has 64 heavy (non-hydrogen) atoms. The number of rotatable bonds is 13. The molecule has 0 heterocycles. The van der Waals surface area contributed by atoms with E-state index in [0.717, 1.165) is 47.1 Å². The average molecular weight is 859 g/mol. The van der Waals surface area contributed by atoms with Gasteiger partial charge >= 0.3 is 23.9 Å². The van der Waals surface area contributed by atoms with Crippen LogP contribution in [0.3, 0.4) is 0 Å². The highest BCUT2D eigenvalue weighted by molar-refractivity contribution is 5.91. The van der Waals surface area contributed by atoms with Crippen LogP contribution < -0.4 is 4.74 Å². The fraction of sp³-hybridized carbons (Fsp3) is 0.429. The van der Waals surface area contributed by atoms with Gasteiger partial charge in [-0.2, -0.15) is 0 Å². The summed E-state index contributed by atoms with van der Waals surface area (Å²) in [4.78, 5) is 50.9. The third-order valence-electron chi connectivity index (χ3n) is 13.2. The van der Waals surface area contributed by atoms with Crippen molar-refractivity contribution in [2.75, 3.05) is 6.79 Å². The van der Waals surface area contributed by atoms with E-state index in [1.807, 2.05) is 48.5 Å². The quantitative estimate of drug-likeness (QED) is 0.0418. The summed E-state index contributed by atoms with van der Waals surface area (Å²) in [5, 5.41) is 0. The number of hydrogen-bond acceptors (Lipinski definition) is 8. The number of carbonyl (C=O) groups is 4. The summed E-state index contributed by atoms with van der Waals surface area (Å²) < 4.78 is 22.0. The van der Waals surface area contributed by atoms with Gasteiger partial charge in [0, 0.05) is 28.3 Å². The largest absolute Gasteiger partial charge is 0.442 e. The number of ether oxygens (including phenoxy) is 4. The zero-order valence-corrected chi connectivity index (χ0v) is 37.0. The molecular weight excluding hydrogens is 801 g/mol. The molecule has 3 aliphatic rings. The number of terminal acetylenes is 2. The monoisotopic (exact) mass is 858 g/mol. The van der Waals surface area contributed by atoms with Gasteiger partial charge in [-0.3, -0.25) is 9.59 Å². The van der Waals surface area contributed by atoms with Crippen molar-refractivity contribution >= 4 is 23.9 Å². The van der Waals surface area contributed by atoms with Crippen molar-refractivity contribution < 1.29 is 38.1 Å². The molecule has 3 aromatic carbocycles. The van der Waals surface area contributed by atoms with Crippen LogP contribution in [0.25, 0.3) is 0 Å². The number of unbranched alkanes of at least 4 members (excludes halogenated alkanes) is 2. The molecule has 330 valence electrons. The highest BCUT2D eigenvalue weighted by Gasteiger charge is 2.41. The Labute approximate surface area is 379 Å². The average Bonchev–Trinajstić information content (AvgIpc) is 3.33. The molecule has 0 unspecified atom stereocenters. The van der Waals surface area contributed by atoms with Gasteiger partial charge in [-0.05, 0) is 155 Å². The second kappa shape index (κ2) is 23.3. The molecule has 6 rings (SSSR count). The fourth-order valence-electron chi connectivity index (χ4n) is 9.25. The van der Waals surface area contributed by atoms with Crippen LogP contribution in [0.1, 0.15) is 148 Å². The number of esters is 4. The lowest BCUT2D eigenvalue weighted by Crippen LogP contribution is -2.40. The predicted molar refractivity (Wildman–Crippen MR) is 246 cm³/mol. The van der Waals surface area contributed by atoms with E-state index >= 15 is 0 Å². The summed E-state index contributed by atoms with van der Waals surface area (Å²) in [6.07, 6.45) is 27.5. The minimum absolute atomic E-state index is 0.166. The highest BCUT2D eigenvalue weighted by atomic mass is 16.7. The first-order valence-electron chi connectivity index (χ1n) is 22.8. The molecular formula is C56H58O8. The van der Waals surface area contributed by atoms with Crippen LogP contribution in [-0.4, -0.2) is 36.3 Å². The first-order valence-corrected chi connectivity index (χ1v) is 22.8. The molecule has 0 amide bonds. The summed E-state index contributed by atoms with van der Waals surface area (Å²) in [6.45, 7) is 5.07. The summed E-state index contributed by atoms with van der Waals surface area (Å²) >= 11 is 0. The number of carbonyl (C=O) groups excluding carboxylic acids is 4. The van der Waals surface area contributed by atoms with Gasteiger partial charge in [0.2, 0.25) is 6.79 Å². The Bertz CT molecular complexity index is 2330. The lowest BCUT2D eigenvalue weighted by Gasteiger charge is -2.41. The molecule has 0 aliphatic heterocycles. The molecule has 8 heteroatoms. The topological polar surface area (TPSA) is 105 Å². The van der Waals surface area contributed by atoms with Crippen LogP contribution >= 0.6 is 0 Å². The Kier molecular flexibility index (Phi) is 17.1. The van der Waals surface area contributed by atoms with E-state index in [9.17, 15) is 19.2 Å². The molecule has 0 spiro atoms. The molecule has 3 fully saturated rings. The summed E-state index contributed by atoms with van der Waals surface area (Å²) in [5.74, 6) is 17.5. The third kappa shape index (κ3) is 13.3. The van der Waals surface area contributed by atoms with E-state index in [2.05, 4.69) is 49.0 Å². The second-order valence-corrected chi connectivity index (χ2v) is 17.4. The van der Waals surface area contributed by atoms with Crippen LogP contribution in [-0.2, 0) is 28.6 Å². The van der Waals surface area contributed by atoms with Gasteiger partial charge < -0.3 is 18.9 Å². The van der Waals surface area contributed by atoms with Gasteiger partial charge in [-0.1, -0.05) is 81.6 Å². The van der Waals surface area contributed by atoms with Gasteiger partial charge in [0.15, 0.2) is 5.60 Å². The van der Waals surface area contributed by atoms with Crippen LogP contribution in [0.5, 0.6) is 5.75 Å². The van der Waals surface area contributed by atoms with Crippen molar-refractivity contribution in [1.82, 2.24) is 0 Å². The van der Waals surface area contributed by atoms with Crippen molar-refractivity contribution in [2.24, 2.45) is 29.6 Å². The van der Waals surface area contributed by atoms with Crippen LogP contribution in [0.4, 0.5) is 0 Å². The third-order valence-corrected chi connectivity index (χ3v) is 13.2. The van der Waals surface area contributed by atoms with Crippen molar-refractivity contribution in [3.63, 3.8) is 0 Å². The standard InChI is InChI=1S/C56H58O8/c1-5-9-10-11-41-22-24-46(25-23-41)47-33-36-56(37-34-47,35-32-44-20-18-43(19-21-44)17-16-42-14-12-40(6-2)13-15-42)64-55(60)50-30-31-51(45(7-3)38-50)63-54(59)49-28-26-48(27-29-49)53(58)62-39-61-52(57)8-4/h2-3,8,12-15,18-21,30-31,38,41,46-49H,4-5,9-11,22-29,33-34,36-37,39H2,1H3. The maximum atomic E-state index is 14.0. The molecule has 0 aromatic heterocycles. The van der Waals surface area contributed by atoms with Crippen LogP contribution in [0, 0.1) is 78.0 Å². The molecule has 0 N–H and O–H groups in total. The van der Waals surface area contributed by atoms with Crippen molar-refractivity contribution in [3.8, 4) is 54.1 Å². The summed E-state index contributed by atoms with van der Waals surface area (Å²) in [6, 6.07) is 19.9. The van der Waals surface area contributed by atoms with E-state index in [1.54, 1.807) is 6.07 Å². The number of benzene rings is 3. The Hall–Kier alpha value is -6.48. The van der Waals surface area contributed by atoms with Gasteiger partial charge in [0.05, 0.1) is 23.0 Å². The van der Waals surface area contributed by atoms with E-state index in [0.29, 0.717) is 50.4 Å². The van der Waals surface area contributed by atoms with E-state index < -0.39 is 48.1 Å². The molecule has 3 aromatic rings. The van der Waals surface area contributed by atoms with Gasteiger partial charge in [-0.15, -0.1) is 12.8 Å². The Morgan fingerprint density at radius 2 is 1.27 bits per heavy atom. The summed E-state index contributed by atoms with van der Waals surface area (Å²) in [7, 11) is 0. The van der Waals surface area contributed by atoms with Gasteiger partial charge in [0.1, 0.15) is 5.75 Å². The zero-order valence-electron chi connectivity index (χ0n) is 37.0. The maximum Gasteiger partial charge on any atom is 0.339 e. The SMILES string of the molecule is C#Cc1ccc(C#Cc2ccc(C#CC3(OC(=O)c4ccc(OC(=O)C5CCC(C(=O)OCOC(=O)C=C)CC5)c(C#C)c4)CCC(C4CCC(CCCCC)CC4)CC3)cc2)cc1. The highest BCUT2D eigenvalue weighted by Crippen LogP contribution is 2.45. The lowest BCUT2D eigenvalue weighted by molar-refractivity contribution is -0.169. The Morgan fingerprint density at radius 3 is 1.84 bits per heavy atom. The van der Waals surface area contributed by atoms with Gasteiger partial charge in [0.25, 0.3) is 0 Å². The van der Waals surface area contributed by atoms with Crippen LogP contribution in [0.2, 0.25) is 0 Å². The predicted octanol–water partition coefficient (Wildman–Crippen LogP) is 10.5. The van der Waals surface area contributed by atoms with Crippen molar-refractivity contribution in [2.45, 2.75) is 115 Å². The molecule has 3 saturated carbocycles. The van der Waals surface area contributed by atoms with E-state index in [1.165, 1.54) is 63.5 Å². The normalized spacial score (nSPS) is 22.6. The number of hydrogen-bond donors (Lipinski definition) is 0. The minimum atomic E-state index is -0.989. The van der Waals surface area contributed by atoms with Crippen LogP contribution in [0.15, 0.2) is 79.4 Å². The second-order valence-electron chi connectivity index (χ2n) is 17.4. The summed E-state index contributed by atoms with van der Waals surface area (Å²) in [5.41, 5.74) is 2.82. The molecule has 0 atom stereocenters. The fourth-order valence-corrected chi connectivity index (χ4v) is 9.25. The first-order chi connectivity index (χ1) is 31.1. The minimum Gasteiger partial charge on any atom is -0.442 e. The molecule has 0 bridgehead atoms. The Balaban J connectivity index is 1.11. The molecule has 8 nitrogen and oxygen atoms in total. The maximum absolute atomic E-state index is 14.0. The molecule has 0 radical (unpaired) electrons. The van der Waals surface area contributed by atoms with Crippen molar-refractivity contribution in [3.05, 3.63) is 113 Å². The first kappa shape index (κ1) is 47.0. The smallest absolute Gasteiger partial charge is 0.339 e. The van der Waals surface area contributed by atoms with E-state index in [4.69, 9.17) is 31.8 Å². The van der Waals surface area contributed by atoms with E-state index in [-0.39, 0.29) is 16.9 Å². The van der Waals surface area contributed by atoms with Crippen molar-refractivity contribution in [1.29, 1.82) is 0 Å². The van der Waals surface area contributed by atoms with Gasteiger partial charge in [-0.25, -0.2) is 9.59 Å². The Morgan fingerprint density at radius 1 is 0.688 bits per heavy atom. The lowest BCUT2D eigenvalue weighted by atomic mass is 9.67. The molecule has 0 saturated heterocycles. The zero-order chi connectivity index (χ0) is 45.3. The molecule has 3 aliphatic carbocycles.